The van der Waals surface area contributed by atoms with Crippen molar-refractivity contribution in [1.82, 2.24) is 10.6 Å². The van der Waals surface area contributed by atoms with Gasteiger partial charge in [-0.2, -0.15) is 0 Å². The Labute approximate surface area is 119 Å². The normalized spacial score (nSPS) is 29.5. The van der Waals surface area contributed by atoms with Crippen molar-refractivity contribution in [3.8, 4) is 0 Å². The largest absolute Gasteiger partial charge is 0.330 e. The molecule has 0 heterocycles. The van der Waals surface area contributed by atoms with E-state index in [0.29, 0.717) is 0 Å². The molecule has 0 bridgehead atoms. The van der Waals surface area contributed by atoms with Crippen LogP contribution in [0.3, 0.4) is 0 Å². The molecule has 0 unspecified atom stereocenters. The van der Waals surface area contributed by atoms with E-state index in [1.807, 2.05) is 0 Å². The number of hydrogen-bond donors (Lipinski definition) is 3. The fraction of sp³-hybridized carbons (Fsp3) is 1.00. The van der Waals surface area contributed by atoms with E-state index in [-0.39, 0.29) is 0 Å². The fourth-order valence-electron chi connectivity index (χ4n) is 3.61. The molecule has 0 aliphatic heterocycles. The second-order valence-corrected chi connectivity index (χ2v) is 6.55. The monoisotopic (exact) mass is 267 g/mol. The zero-order chi connectivity index (χ0) is 13.3. The van der Waals surface area contributed by atoms with Gasteiger partial charge in [0.2, 0.25) is 0 Å². The summed E-state index contributed by atoms with van der Waals surface area (Å²) in [5, 5.41) is 7.44. The summed E-state index contributed by atoms with van der Waals surface area (Å²) >= 11 is 0. The van der Waals surface area contributed by atoms with Gasteiger partial charge in [-0.15, -0.1) is 0 Å². The molecule has 2 fully saturated rings. The molecular weight excluding hydrogens is 234 g/mol. The highest BCUT2D eigenvalue weighted by Crippen LogP contribution is 2.23. The Morgan fingerprint density at radius 3 is 1.89 bits per heavy atom. The quantitative estimate of drug-likeness (QED) is 0.621. The molecule has 0 radical (unpaired) electrons. The Kier molecular flexibility index (Phi) is 7.18. The average Bonchev–Trinajstić information content (AvgIpc) is 2.49. The zero-order valence-electron chi connectivity index (χ0n) is 12.5. The van der Waals surface area contributed by atoms with Gasteiger partial charge in [-0.1, -0.05) is 19.3 Å². The smallest absolute Gasteiger partial charge is 0.00672 e. The lowest BCUT2D eigenvalue weighted by Crippen LogP contribution is -2.37. The Bertz CT molecular complexity index is 218. The van der Waals surface area contributed by atoms with Crippen molar-refractivity contribution in [1.29, 1.82) is 0 Å². The summed E-state index contributed by atoms with van der Waals surface area (Å²) in [4.78, 5) is 0. The molecule has 3 nitrogen and oxygen atoms in total. The topological polar surface area (TPSA) is 50.1 Å². The third-order valence-electron chi connectivity index (χ3n) is 5.00. The van der Waals surface area contributed by atoms with Crippen molar-refractivity contribution in [2.24, 2.45) is 11.7 Å². The van der Waals surface area contributed by atoms with Crippen LogP contribution >= 0.6 is 0 Å². The minimum Gasteiger partial charge on any atom is -0.330 e. The van der Waals surface area contributed by atoms with Gasteiger partial charge in [0.25, 0.3) is 0 Å². The number of nitrogens with one attached hydrogen (secondary N) is 2. The van der Waals surface area contributed by atoms with Gasteiger partial charge in [-0.25, -0.2) is 0 Å². The van der Waals surface area contributed by atoms with Crippen LogP contribution in [0.2, 0.25) is 0 Å². The molecule has 0 saturated heterocycles. The maximum absolute atomic E-state index is 5.73. The van der Waals surface area contributed by atoms with Crippen molar-refractivity contribution >= 4 is 0 Å². The number of nitrogens with two attached hydrogens (primary N) is 1. The van der Waals surface area contributed by atoms with E-state index in [9.17, 15) is 0 Å². The van der Waals surface area contributed by atoms with Crippen LogP contribution in [-0.4, -0.2) is 31.7 Å². The second kappa shape index (κ2) is 8.93. The summed E-state index contributed by atoms with van der Waals surface area (Å²) < 4.78 is 0. The maximum Gasteiger partial charge on any atom is 0.00672 e. The Hall–Kier alpha value is -0.120. The van der Waals surface area contributed by atoms with E-state index in [1.54, 1.807) is 0 Å². The fourth-order valence-corrected chi connectivity index (χ4v) is 3.61. The molecule has 0 aromatic rings. The van der Waals surface area contributed by atoms with Crippen molar-refractivity contribution in [3.05, 3.63) is 0 Å². The lowest BCUT2D eigenvalue weighted by atomic mass is 9.86. The molecule has 19 heavy (non-hydrogen) atoms. The minimum atomic E-state index is 0.762. The first-order valence-corrected chi connectivity index (χ1v) is 8.55. The standard InChI is InChI=1S/C16H33N3/c17-13-14-7-9-16(10-8-14)19-12-4-11-18-15-5-2-1-3-6-15/h14-16,18-19H,1-13,17H2/t14-,16-. The molecule has 0 spiro atoms. The van der Waals surface area contributed by atoms with Crippen LogP contribution in [0, 0.1) is 5.92 Å². The number of hydrogen-bond acceptors (Lipinski definition) is 3. The highest BCUT2D eigenvalue weighted by atomic mass is 14.9. The SMILES string of the molecule is NC[C@H]1CC[C@H](NCCCNC2CCCCC2)CC1. The Morgan fingerprint density at radius 1 is 0.737 bits per heavy atom. The van der Waals surface area contributed by atoms with Crippen molar-refractivity contribution < 1.29 is 0 Å². The van der Waals surface area contributed by atoms with Gasteiger partial charge >= 0.3 is 0 Å². The molecule has 2 aliphatic rings. The molecule has 2 saturated carbocycles. The van der Waals surface area contributed by atoms with Gasteiger partial charge < -0.3 is 16.4 Å². The minimum absolute atomic E-state index is 0.762. The van der Waals surface area contributed by atoms with Crippen molar-refractivity contribution in [2.75, 3.05) is 19.6 Å². The highest BCUT2D eigenvalue weighted by Gasteiger charge is 2.19. The van der Waals surface area contributed by atoms with Crippen molar-refractivity contribution in [2.45, 2.75) is 76.3 Å². The van der Waals surface area contributed by atoms with Crippen LogP contribution in [0.4, 0.5) is 0 Å². The molecule has 2 aliphatic carbocycles. The first kappa shape index (κ1) is 15.3. The van der Waals surface area contributed by atoms with Crippen LogP contribution in [-0.2, 0) is 0 Å². The predicted molar refractivity (Wildman–Crippen MR) is 82.3 cm³/mol. The number of rotatable bonds is 7. The molecule has 0 amide bonds. The Morgan fingerprint density at radius 2 is 1.32 bits per heavy atom. The van der Waals surface area contributed by atoms with E-state index in [0.717, 1.165) is 24.5 Å². The van der Waals surface area contributed by atoms with E-state index in [1.165, 1.54) is 77.3 Å². The summed E-state index contributed by atoms with van der Waals surface area (Å²) in [6, 6.07) is 1.58. The van der Waals surface area contributed by atoms with Crippen LogP contribution in [0.15, 0.2) is 0 Å². The van der Waals surface area contributed by atoms with E-state index >= 15 is 0 Å². The van der Waals surface area contributed by atoms with Crippen LogP contribution in [0.25, 0.3) is 0 Å². The van der Waals surface area contributed by atoms with E-state index in [4.69, 9.17) is 5.73 Å². The molecule has 3 heteroatoms. The molecule has 0 aromatic carbocycles. The van der Waals surface area contributed by atoms with E-state index in [2.05, 4.69) is 10.6 Å². The molecule has 2 rings (SSSR count). The van der Waals surface area contributed by atoms with E-state index < -0.39 is 0 Å². The van der Waals surface area contributed by atoms with Crippen molar-refractivity contribution in [3.63, 3.8) is 0 Å². The summed E-state index contributed by atoms with van der Waals surface area (Å²) in [5.41, 5.74) is 5.73. The summed E-state index contributed by atoms with van der Waals surface area (Å²) in [6.07, 6.45) is 13.7. The second-order valence-electron chi connectivity index (χ2n) is 6.55. The molecule has 0 atom stereocenters. The third kappa shape index (κ3) is 5.80. The first-order chi connectivity index (χ1) is 9.38. The van der Waals surface area contributed by atoms with Crippen LogP contribution in [0.1, 0.15) is 64.2 Å². The lowest BCUT2D eigenvalue weighted by Gasteiger charge is -2.28. The summed E-state index contributed by atoms with van der Waals surface area (Å²) in [5.74, 6) is 0.797. The van der Waals surface area contributed by atoms with Gasteiger partial charge in [-0.3, -0.25) is 0 Å². The summed E-state index contributed by atoms with van der Waals surface area (Å²) in [6.45, 7) is 3.26. The molecule has 112 valence electrons. The molecular formula is C16H33N3. The van der Waals surface area contributed by atoms with Gasteiger partial charge in [0.1, 0.15) is 0 Å². The highest BCUT2D eigenvalue weighted by molar-refractivity contribution is 4.78. The van der Waals surface area contributed by atoms with Gasteiger partial charge in [-0.05, 0) is 70.5 Å². The van der Waals surface area contributed by atoms with Gasteiger partial charge in [0.05, 0.1) is 0 Å². The predicted octanol–water partition coefficient (Wildman–Crippen LogP) is 2.41. The first-order valence-electron chi connectivity index (χ1n) is 8.55. The Balaban J connectivity index is 1.43. The molecule has 4 N–H and O–H groups in total. The van der Waals surface area contributed by atoms with Gasteiger partial charge in [0.15, 0.2) is 0 Å². The maximum atomic E-state index is 5.73. The zero-order valence-corrected chi connectivity index (χ0v) is 12.5. The lowest BCUT2D eigenvalue weighted by molar-refractivity contribution is 0.294. The van der Waals surface area contributed by atoms with Crippen LogP contribution < -0.4 is 16.4 Å². The van der Waals surface area contributed by atoms with Gasteiger partial charge in [0, 0.05) is 12.1 Å². The third-order valence-corrected chi connectivity index (χ3v) is 5.00. The molecule has 0 aromatic heterocycles. The van der Waals surface area contributed by atoms with Crippen LogP contribution in [0.5, 0.6) is 0 Å². The summed E-state index contributed by atoms with van der Waals surface area (Å²) in [7, 11) is 0. The average molecular weight is 267 g/mol.